The molecule has 6 atom stereocenters. The van der Waals surface area contributed by atoms with Gasteiger partial charge >= 0.3 is 5.97 Å². The van der Waals surface area contributed by atoms with Crippen molar-refractivity contribution in [1.29, 1.82) is 0 Å². The lowest BCUT2D eigenvalue weighted by molar-refractivity contribution is -0.157. The number of aliphatic hydroxyl groups is 3. The fourth-order valence-corrected chi connectivity index (χ4v) is 13.8. The molecule has 3 radical (unpaired) electrons. The normalized spacial score (nSPS) is 17.9. The van der Waals surface area contributed by atoms with Crippen molar-refractivity contribution in [2.24, 2.45) is 0 Å². The minimum absolute atomic E-state index is 0. The number of nitrogens with zero attached hydrogens (tertiary/aromatic N) is 5. The van der Waals surface area contributed by atoms with Crippen LogP contribution < -0.4 is 20.0 Å². The highest BCUT2D eigenvalue weighted by Gasteiger charge is 2.42. The molecule has 3 heterocycles. The molecule has 0 unspecified atom stereocenters. The van der Waals surface area contributed by atoms with Crippen LogP contribution in [0.5, 0.6) is 0 Å². The van der Waals surface area contributed by atoms with E-state index in [-0.39, 0.29) is 38.4 Å². The summed E-state index contributed by atoms with van der Waals surface area (Å²) in [5.41, 5.74) is 2.41. The van der Waals surface area contributed by atoms with Crippen LogP contribution in [-0.4, -0.2) is 115 Å². The third kappa shape index (κ3) is 19.0. The molecule has 9 aromatic carbocycles. The number of nitrogens with one attached hydrogen (secondary N) is 1. The molecule has 509 valence electrons. The zero-order valence-corrected chi connectivity index (χ0v) is 60.4. The quantitative estimate of drug-likeness (QED) is 0.0741. The molecule has 0 aromatic heterocycles. The van der Waals surface area contributed by atoms with E-state index in [1.165, 1.54) is 12.5 Å². The number of hydrogen-bond acceptors (Lipinski definition) is 10. The molecule has 0 saturated carbocycles. The molecule has 5 N–H and O–H groups in total. The molecule has 13 nitrogen and oxygen atoms in total. The van der Waals surface area contributed by atoms with Crippen molar-refractivity contribution in [2.45, 2.75) is 55.7 Å². The summed E-state index contributed by atoms with van der Waals surface area (Å²) in [7, 11) is 0. The van der Waals surface area contributed by atoms with Crippen molar-refractivity contribution in [2.75, 3.05) is 73.6 Å². The number of hydrogen-bond donors (Lipinski definition) is 5. The van der Waals surface area contributed by atoms with Gasteiger partial charge < -0.3 is 50.2 Å². The lowest BCUT2D eigenvalue weighted by atomic mass is 9.93. The van der Waals surface area contributed by atoms with Crippen molar-refractivity contribution in [1.82, 2.24) is 15.1 Å². The predicted octanol–water partition coefficient (Wildman–Crippen LogP) is 17.3. The Morgan fingerprint density at radius 2 is 0.663 bits per heavy atom. The zero-order chi connectivity index (χ0) is 69.8. The average Bonchev–Trinajstić information content (AvgIpc) is 0.778. The molecule has 0 bridgehead atoms. The lowest BCUT2D eigenvalue weighted by Crippen LogP contribution is -2.55. The highest BCUT2D eigenvalue weighted by molar-refractivity contribution is 6.38. The van der Waals surface area contributed by atoms with Gasteiger partial charge in [-0.15, -0.1) is 0 Å². The molecule has 3 saturated heterocycles. The number of amides is 2. The first-order valence-corrected chi connectivity index (χ1v) is 34.4. The van der Waals surface area contributed by atoms with Gasteiger partial charge in [-0.3, -0.25) is 9.59 Å². The molecule has 3 aliphatic rings. The number of carboxylic acids is 1. The molecule has 3 fully saturated rings. The van der Waals surface area contributed by atoms with E-state index >= 15 is 0 Å². The standard InChI is InChI=1S/2C25H23Cl3N2O2.C16H15Cl3N2.C9H10O3.B/c2*1-25(32,18-5-3-2-4-6-18)24(31)29-13-14-30(22-12-11-20(27)15-21(22)28)23(16-29)17-7-9-19(26)10-8-17;17-12-3-1-11(2-4-12)16-10-20-7-8-21(16)15-6-5-13(18)9-14(15)19;1-9(12,8(10)11)7-5-3-2-4-6-7;/h2*2-12,15,23,32H,13-14,16H2,1H3;1-6,9,16,20H,7-8,10H2;2-6,12H,1H3,(H,10,11);/t2*23-,25-;16-;9-;/m0000./s1. The summed E-state index contributed by atoms with van der Waals surface area (Å²) in [4.78, 5) is 47.5. The van der Waals surface area contributed by atoms with Gasteiger partial charge in [0.25, 0.3) is 11.8 Å². The zero-order valence-electron chi connectivity index (χ0n) is 53.6. The van der Waals surface area contributed by atoms with E-state index in [9.17, 15) is 29.7 Å². The van der Waals surface area contributed by atoms with Crippen molar-refractivity contribution in [3.8, 4) is 0 Å². The number of anilines is 3. The average molecular weight is 1500 g/mol. The Bertz CT molecular complexity index is 3960. The maximum Gasteiger partial charge on any atom is 0.340 e. The Labute approximate surface area is 619 Å². The highest BCUT2D eigenvalue weighted by atomic mass is 35.5. The number of carbonyl (C=O) groups excluding carboxylic acids is 2. The van der Waals surface area contributed by atoms with Crippen LogP contribution in [0.2, 0.25) is 45.2 Å². The fourth-order valence-electron chi connectivity index (χ4n) is 11.8. The molecular formula is C75H71BCl9N6O7. The molecule has 23 heteroatoms. The molecule has 98 heavy (non-hydrogen) atoms. The molecule has 12 rings (SSSR count). The van der Waals surface area contributed by atoms with Crippen molar-refractivity contribution in [3.05, 3.63) is 297 Å². The van der Waals surface area contributed by atoms with Crippen LogP contribution in [-0.2, 0) is 31.2 Å². The van der Waals surface area contributed by atoms with Crippen molar-refractivity contribution < 1.29 is 34.8 Å². The topological polar surface area (TPSA) is 160 Å². The first kappa shape index (κ1) is 77.0. The van der Waals surface area contributed by atoms with Gasteiger partial charge in [0.05, 0.1) is 50.3 Å². The number of benzene rings is 9. The summed E-state index contributed by atoms with van der Waals surface area (Å²) in [5.74, 6) is -1.90. The maximum atomic E-state index is 13.4. The minimum Gasteiger partial charge on any atom is -0.479 e. The van der Waals surface area contributed by atoms with Crippen LogP contribution in [0.4, 0.5) is 17.1 Å². The SMILES string of the molecule is C[C@@](O)(C(=O)N1CCN(c2ccc(Cl)cc2Cl)[C@H](c2ccc(Cl)cc2)C1)c1ccccc1.C[C@@](O)(C(=O)N1CCN(c2ccc(Cl)cc2Cl)[C@H](c2ccc(Cl)cc2)C1)c1ccccc1.C[C@@](O)(C(=O)O)c1ccccc1.Clc1ccc([C@@H]2CNCCN2c2ccc(Cl)cc2Cl)cc1.[B]. The van der Waals surface area contributed by atoms with Crippen molar-refractivity contribution in [3.63, 3.8) is 0 Å². The molecular weight excluding hydrogens is 1430 g/mol. The van der Waals surface area contributed by atoms with Crippen LogP contribution in [0, 0.1) is 0 Å². The highest BCUT2D eigenvalue weighted by Crippen LogP contribution is 2.41. The second-order valence-electron chi connectivity index (χ2n) is 23.9. The van der Waals surface area contributed by atoms with E-state index in [1.54, 1.807) is 109 Å². The van der Waals surface area contributed by atoms with Gasteiger partial charge in [0, 0.05) is 97.5 Å². The summed E-state index contributed by atoms with van der Waals surface area (Å²) in [6.45, 7) is 9.83. The number of halogens is 9. The summed E-state index contributed by atoms with van der Waals surface area (Å²) in [6, 6.07) is 65.8. The molecule has 9 aromatic rings. The summed E-state index contributed by atoms with van der Waals surface area (Å²) in [5, 5.41) is 49.3. The molecule has 3 aliphatic heterocycles. The summed E-state index contributed by atoms with van der Waals surface area (Å²) in [6.07, 6.45) is 0. The first-order chi connectivity index (χ1) is 46.2. The number of carbonyl (C=O) groups is 3. The van der Waals surface area contributed by atoms with Gasteiger partial charge in [0.15, 0.2) is 16.8 Å². The number of aliphatic carboxylic acids is 1. The summed E-state index contributed by atoms with van der Waals surface area (Å²) >= 11 is 55.8. The Balaban J connectivity index is 0.000000175. The third-order valence-electron chi connectivity index (χ3n) is 17.3. The number of carboxylic acid groups (broad SMARTS) is 1. The molecule has 0 spiro atoms. The van der Waals surface area contributed by atoms with Crippen LogP contribution in [0.3, 0.4) is 0 Å². The Morgan fingerprint density at radius 3 is 0.969 bits per heavy atom. The largest absolute Gasteiger partial charge is 0.479 e. The van der Waals surface area contributed by atoms with Crippen molar-refractivity contribution >= 4 is 148 Å². The third-order valence-corrected chi connectivity index (χ3v) is 19.6. The van der Waals surface area contributed by atoms with E-state index in [4.69, 9.17) is 110 Å². The van der Waals surface area contributed by atoms with Crippen LogP contribution in [0.25, 0.3) is 0 Å². The number of piperazine rings is 3. The second kappa shape index (κ2) is 34.6. The Hall–Kier alpha value is -6.70. The Kier molecular flexibility index (Phi) is 27.2. The monoisotopic (exact) mass is 1490 g/mol. The van der Waals surface area contributed by atoms with Gasteiger partial charge in [-0.1, -0.05) is 232 Å². The van der Waals surface area contributed by atoms with Gasteiger partial charge in [-0.2, -0.15) is 0 Å². The summed E-state index contributed by atoms with van der Waals surface area (Å²) < 4.78 is 0. The molecule has 0 aliphatic carbocycles. The smallest absolute Gasteiger partial charge is 0.340 e. The van der Waals surface area contributed by atoms with Gasteiger partial charge in [0.2, 0.25) is 0 Å². The second-order valence-corrected chi connectivity index (χ2v) is 27.7. The van der Waals surface area contributed by atoms with E-state index < -0.39 is 22.8 Å². The Morgan fingerprint density at radius 1 is 0.378 bits per heavy atom. The van der Waals surface area contributed by atoms with Crippen LogP contribution in [0.15, 0.2) is 218 Å². The number of rotatable bonds is 12. The van der Waals surface area contributed by atoms with Gasteiger partial charge in [-0.25, -0.2) is 4.79 Å². The fraction of sp³-hybridized carbons (Fsp3) is 0.240. The van der Waals surface area contributed by atoms with E-state index in [1.807, 2.05) is 121 Å². The maximum absolute atomic E-state index is 13.4. The van der Waals surface area contributed by atoms with Gasteiger partial charge in [-0.05, 0) is 145 Å². The first-order valence-electron chi connectivity index (χ1n) is 31.0. The van der Waals surface area contributed by atoms with E-state index in [2.05, 4.69) is 32.1 Å². The predicted molar refractivity (Wildman–Crippen MR) is 401 cm³/mol. The van der Waals surface area contributed by atoms with Crippen LogP contribution >= 0.6 is 104 Å². The lowest BCUT2D eigenvalue weighted by Gasteiger charge is -2.45. The van der Waals surface area contributed by atoms with E-state index in [0.717, 1.165) is 52.8 Å². The van der Waals surface area contributed by atoms with E-state index in [0.29, 0.717) is 96.1 Å². The minimum atomic E-state index is -1.79. The molecule has 2 amide bonds. The van der Waals surface area contributed by atoms with Crippen LogP contribution in [0.1, 0.15) is 72.3 Å². The van der Waals surface area contributed by atoms with Gasteiger partial charge in [0.1, 0.15) is 0 Å².